The van der Waals surface area contributed by atoms with Gasteiger partial charge in [-0.3, -0.25) is 4.79 Å². The number of rotatable bonds is 7. The van der Waals surface area contributed by atoms with Gasteiger partial charge in [0.25, 0.3) is 5.56 Å². The Labute approximate surface area is 180 Å². The maximum Gasteiger partial charge on any atom is 0.275 e. The number of hydrogen-bond acceptors (Lipinski definition) is 9. The highest BCUT2D eigenvalue weighted by molar-refractivity contribution is 8.00. The minimum Gasteiger partial charge on any atom is -0.330 e. The molecule has 0 spiro atoms. The summed E-state index contributed by atoms with van der Waals surface area (Å²) >= 11 is 4.44. The summed E-state index contributed by atoms with van der Waals surface area (Å²) in [7, 11) is 0. The van der Waals surface area contributed by atoms with Crippen LogP contribution in [0, 0.1) is 6.92 Å². The first kappa shape index (κ1) is 20.0. The van der Waals surface area contributed by atoms with Crippen molar-refractivity contribution in [1.29, 1.82) is 0 Å². The number of hydrogen-bond donors (Lipinski definition) is 1. The molecule has 0 bridgehead atoms. The van der Waals surface area contributed by atoms with Gasteiger partial charge in [-0.15, -0.1) is 10.2 Å². The molecule has 0 aliphatic carbocycles. The molecule has 0 unspecified atom stereocenters. The average Bonchev–Trinajstić information content (AvgIpc) is 3.32. The van der Waals surface area contributed by atoms with E-state index in [9.17, 15) is 4.79 Å². The molecule has 1 N–H and O–H groups in total. The molecule has 7 nitrogen and oxygen atoms in total. The molecule has 0 atom stereocenters. The van der Waals surface area contributed by atoms with E-state index in [4.69, 9.17) is 0 Å². The van der Waals surface area contributed by atoms with Crippen LogP contribution in [0.4, 0.5) is 10.8 Å². The molecule has 0 saturated carbocycles. The van der Waals surface area contributed by atoms with E-state index in [2.05, 4.69) is 57.6 Å². The number of fused-ring (bicyclic) bond motifs is 1. The highest BCUT2D eigenvalue weighted by atomic mass is 32.2. The molecule has 0 aliphatic heterocycles. The van der Waals surface area contributed by atoms with Gasteiger partial charge in [0.15, 0.2) is 4.34 Å². The number of aromatic nitrogens is 5. The van der Waals surface area contributed by atoms with E-state index < -0.39 is 0 Å². The molecule has 150 valence electrons. The fraction of sp³-hybridized carbons (Fsp3) is 0.316. The number of nitrogens with zero attached hydrogens (tertiary/aromatic N) is 5. The van der Waals surface area contributed by atoms with Gasteiger partial charge in [0.1, 0.15) is 5.01 Å². The molecule has 0 aliphatic rings. The number of aryl methyl sites for hydroxylation is 3. The number of thioether (sulfide) groups is 1. The van der Waals surface area contributed by atoms with Crippen LogP contribution in [0.1, 0.15) is 35.7 Å². The molecular formula is C19H20N6OS3. The standard InChI is InChI=1S/C19H20N6OS3/c1-4-12-7-6-8-13(5-2)16(12)21-17-22-23-19(29-17)27-10-14-9-15(26)25-18(20-14)28-11(3)24-25/h6-9H,4-5,10H2,1-3H3,(H,21,22). The molecular weight excluding hydrogens is 424 g/mol. The molecule has 4 aromatic rings. The summed E-state index contributed by atoms with van der Waals surface area (Å²) < 4.78 is 2.18. The Hall–Kier alpha value is -2.30. The summed E-state index contributed by atoms with van der Waals surface area (Å²) in [5.41, 5.74) is 4.24. The molecule has 3 heterocycles. The van der Waals surface area contributed by atoms with Gasteiger partial charge in [-0.2, -0.15) is 9.61 Å². The van der Waals surface area contributed by atoms with Gasteiger partial charge in [0.05, 0.1) is 5.69 Å². The predicted molar refractivity (Wildman–Crippen MR) is 120 cm³/mol. The first-order valence-electron chi connectivity index (χ1n) is 9.27. The Balaban J connectivity index is 1.49. The van der Waals surface area contributed by atoms with Gasteiger partial charge in [-0.05, 0) is 30.9 Å². The monoisotopic (exact) mass is 444 g/mol. The largest absolute Gasteiger partial charge is 0.330 e. The van der Waals surface area contributed by atoms with Gasteiger partial charge < -0.3 is 5.32 Å². The Bertz CT molecular complexity index is 1190. The fourth-order valence-corrected chi connectivity index (χ4v) is 5.41. The number of anilines is 2. The van der Waals surface area contributed by atoms with Gasteiger partial charge in [0, 0.05) is 17.5 Å². The quantitative estimate of drug-likeness (QED) is 0.421. The van der Waals surface area contributed by atoms with E-state index in [0.29, 0.717) is 10.7 Å². The van der Waals surface area contributed by atoms with Crippen LogP contribution in [0.5, 0.6) is 0 Å². The predicted octanol–water partition coefficient (Wildman–Crippen LogP) is 4.47. The maximum atomic E-state index is 12.2. The molecule has 1 aromatic carbocycles. The van der Waals surface area contributed by atoms with Crippen molar-refractivity contribution in [2.24, 2.45) is 0 Å². The summed E-state index contributed by atoms with van der Waals surface area (Å²) in [6.45, 7) is 6.17. The van der Waals surface area contributed by atoms with Crippen molar-refractivity contribution in [3.05, 3.63) is 56.4 Å². The molecule has 4 rings (SSSR count). The zero-order valence-corrected chi connectivity index (χ0v) is 18.7. The lowest BCUT2D eigenvalue weighted by atomic mass is 10.0. The summed E-state index contributed by atoms with van der Waals surface area (Å²) in [5, 5.41) is 17.8. The van der Waals surface area contributed by atoms with Gasteiger partial charge >= 0.3 is 0 Å². The van der Waals surface area contributed by atoms with Crippen molar-refractivity contribution in [3.8, 4) is 0 Å². The molecule has 3 aromatic heterocycles. The van der Waals surface area contributed by atoms with Crippen LogP contribution in [-0.2, 0) is 18.6 Å². The third kappa shape index (κ3) is 4.34. The second-order valence-corrected chi connectivity index (χ2v) is 9.71. The van der Waals surface area contributed by atoms with Crippen LogP contribution in [0.15, 0.2) is 33.4 Å². The zero-order chi connectivity index (χ0) is 20.4. The summed E-state index contributed by atoms with van der Waals surface area (Å²) in [5.74, 6) is 0.559. The molecule has 29 heavy (non-hydrogen) atoms. The van der Waals surface area contributed by atoms with Crippen LogP contribution < -0.4 is 10.9 Å². The van der Waals surface area contributed by atoms with E-state index in [1.165, 1.54) is 56.1 Å². The van der Waals surface area contributed by atoms with Crippen LogP contribution in [0.3, 0.4) is 0 Å². The van der Waals surface area contributed by atoms with Gasteiger partial charge in [-0.1, -0.05) is 66.5 Å². The Kier molecular flexibility index (Phi) is 5.93. The van der Waals surface area contributed by atoms with E-state index in [-0.39, 0.29) is 5.56 Å². The number of nitrogens with one attached hydrogen (secondary N) is 1. The van der Waals surface area contributed by atoms with Crippen molar-refractivity contribution < 1.29 is 0 Å². The molecule has 0 fully saturated rings. The minimum absolute atomic E-state index is 0.155. The Morgan fingerprint density at radius 1 is 1.14 bits per heavy atom. The third-order valence-corrected chi connectivity index (χ3v) is 7.21. The van der Waals surface area contributed by atoms with Crippen molar-refractivity contribution >= 4 is 50.2 Å². The molecule has 0 amide bonds. The lowest BCUT2D eigenvalue weighted by Crippen LogP contribution is -2.15. The topological polar surface area (TPSA) is 85.1 Å². The van der Waals surface area contributed by atoms with Crippen LogP contribution in [0.2, 0.25) is 0 Å². The summed E-state index contributed by atoms with van der Waals surface area (Å²) in [6, 6.07) is 7.91. The Morgan fingerprint density at radius 2 is 1.90 bits per heavy atom. The highest BCUT2D eigenvalue weighted by Crippen LogP contribution is 2.32. The minimum atomic E-state index is -0.155. The van der Waals surface area contributed by atoms with Crippen LogP contribution in [-0.4, -0.2) is 24.8 Å². The lowest BCUT2D eigenvalue weighted by molar-refractivity contribution is 0.871. The number of benzene rings is 1. The summed E-state index contributed by atoms with van der Waals surface area (Å²) in [6.07, 6.45) is 1.91. The first-order valence-corrected chi connectivity index (χ1v) is 11.9. The fourth-order valence-electron chi connectivity index (χ4n) is 2.99. The molecule has 0 saturated heterocycles. The van der Waals surface area contributed by atoms with E-state index in [1.807, 2.05) is 6.92 Å². The maximum absolute atomic E-state index is 12.2. The Morgan fingerprint density at radius 3 is 2.62 bits per heavy atom. The highest BCUT2D eigenvalue weighted by Gasteiger charge is 2.12. The van der Waals surface area contributed by atoms with Gasteiger partial charge in [0.2, 0.25) is 10.1 Å². The van der Waals surface area contributed by atoms with Crippen molar-refractivity contribution in [1.82, 2.24) is 24.8 Å². The van der Waals surface area contributed by atoms with Crippen molar-refractivity contribution in [2.75, 3.05) is 5.32 Å². The van der Waals surface area contributed by atoms with E-state index in [0.717, 1.165) is 38.7 Å². The second-order valence-electron chi connectivity index (χ2n) is 6.35. The molecule has 0 radical (unpaired) electrons. The zero-order valence-electron chi connectivity index (χ0n) is 16.3. The second kappa shape index (κ2) is 8.60. The summed E-state index contributed by atoms with van der Waals surface area (Å²) in [4.78, 5) is 17.3. The first-order chi connectivity index (χ1) is 14.1. The number of para-hydroxylation sites is 1. The third-order valence-electron chi connectivity index (χ3n) is 4.38. The van der Waals surface area contributed by atoms with Crippen LogP contribution >= 0.6 is 34.4 Å². The normalized spacial score (nSPS) is 11.3. The average molecular weight is 445 g/mol. The van der Waals surface area contributed by atoms with Crippen LogP contribution in [0.25, 0.3) is 4.96 Å². The lowest BCUT2D eigenvalue weighted by Gasteiger charge is -2.13. The molecule has 10 heteroatoms. The van der Waals surface area contributed by atoms with Gasteiger partial charge in [-0.25, -0.2) is 4.98 Å². The van der Waals surface area contributed by atoms with E-state index in [1.54, 1.807) is 0 Å². The SMILES string of the molecule is CCc1cccc(CC)c1Nc1nnc(SCc2cc(=O)n3nc(C)sc3n2)s1. The smallest absolute Gasteiger partial charge is 0.275 e. The van der Waals surface area contributed by atoms with Crippen molar-refractivity contribution in [2.45, 2.75) is 43.7 Å². The van der Waals surface area contributed by atoms with Crippen molar-refractivity contribution in [3.63, 3.8) is 0 Å². The van der Waals surface area contributed by atoms with E-state index >= 15 is 0 Å².